The van der Waals surface area contributed by atoms with Crippen molar-refractivity contribution >= 4 is 34.1 Å². The molecule has 0 aromatic heterocycles. The van der Waals surface area contributed by atoms with E-state index in [0.717, 1.165) is 57.5 Å². The first-order chi connectivity index (χ1) is 14.2. The molecule has 0 unspecified atom stereocenters. The highest BCUT2D eigenvalue weighted by atomic mass is 15.2. The highest BCUT2D eigenvalue weighted by Gasteiger charge is 2.29. The summed E-state index contributed by atoms with van der Waals surface area (Å²) >= 11 is 0. The zero-order valence-electron chi connectivity index (χ0n) is 16.3. The predicted molar refractivity (Wildman–Crippen MR) is 121 cm³/mol. The van der Waals surface area contributed by atoms with Gasteiger partial charge in [-0.05, 0) is 61.0 Å². The second-order valence-corrected chi connectivity index (χ2v) is 7.37. The second kappa shape index (κ2) is 6.99. The first kappa shape index (κ1) is 17.3. The van der Waals surface area contributed by atoms with E-state index in [1.54, 1.807) is 0 Å². The number of benzene rings is 3. The summed E-state index contributed by atoms with van der Waals surface area (Å²) in [4.78, 5) is 7.22. The van der Waals surface area contributed by atoms with Crippen LogP contribution in [0.3, 0.4) is 0 Å². The Balaban J connectivity index is 1.64. The van der Waals surface area contributed by atoms with E-state index in [1.807, 2.05) is 30.3 Å². The lowest BCUT2D eigenvalue weighted by Gasteiger charge is -2.35. The molecule has 0 bridgehead atoms. The van der Waals surface area contributed by atoms with Crippen LogP contribution in [0.15, 0.2) is 107 Å². The van der Waals surface area contributed by atoms with Crippen molar-refractivity contribution in [3.8, 4) is 0 Å². The van der Waals surface area contributed by atoms with Crippen molar-refractivity contribution in [3.05, 3.63) is 102 Å². The maximum absolute atomic E-state index is 6.29. The first-order valence-electron chi connectivity index (χ1n) is 9.75. The summed E-state index contributed by atoms with van der Waals surface area (Å²) in [7, 11) is 0. The molecule has 0 saturated heterocycles. The van der Waals surface area contributed by atoms with Gasteiger partial charge in [0.15, 0.2) is 0 Å². The van der Waals surface area contributed by atoms with E-state index in [0.29, 0.717) is 0 Å². The highest BCUT2D eigenvalue weighted by molar-refractivity contribution is 6.12. The van der Waals surface area contributed by atoms with E-state index in [2.05, 4.69) is 71.7 Å². The van der Waals surface area contributed by atoms with Crippen LogP contribution in [0.4, 0.5) is 28.4 Å². The molecule has 4 heteroatoms. The van der Waals surface area contributed by atoms with E-state index < -0.39 is 0 Å². The van der Waals surface area contributed by atoms with Crippen LogP contribution in [-0.4, -0.2) is 5.71 Å². The summed E-state index contributed by atoms with van der Waals surface area (Å²) in [5, 5.41) is 3.49. The van der Waals surface area contributed by atoms with E-state index >= 15 is 0 Å². The molecule has 0 amide bonds. The number of nitrogens with two attached hydrogens (primary N) is 1. The summed E-state index contributed by atoms with van der Waals surface area (Å²) in [6, 6.07) is 26.9. The molecule has 5 rings (SSSR count). The van der Waals surface area contributed by atoms with Crippen molar-refractivity contribution in [2.45, 2.75) is 13.3 Å². The van der Waals surface area contributed by atoms with Gasteiger partial charge in [0.05, 0.1) is 22.8 Å². The van der Waals surface area contributed by atoms with Crippen LogP contribution < -0.4 is 16.0 Å². The predicted octanol–water partition coefficient (Wildman–Crippen LogP) is 6.17. The zero-order chi connectivity index (χ0) is 19.8. The smallest absolute Gasteiger partial charge is 0.0876 e. The quantitative estimate of drug-likeness (QED) is 0.572. The Bertz CT molecular complexity index is 1160. The van der Waals surface area contributed by atoms with Crippen LogP contribution in [0.5, 0.6) is 0 Å². The molecule has 1 aliphatic carbocycles. The standard InChI is InChI=1S/C25H22N4/c1-17-14-23-25(16-21(17)26)29(20-10-6-3-7-11-20)24-15-19(12-13-22(24)28-23)27-18-8-4-2-5-9-18/h2-13,15-16,27H,14,26H2,1H3. The molecule has 0 radical (unpaired) electrons. The average molecular weight is 378 g/mol. The second-order valence-electron chi connectivity index (χ2n) is 7.37. The lowest BCUT2D eigenvalue weighted by molar-refractivity contribution is 1.08. The van der Waals surface area contributed by atoms with Crippen molar-refractivity contribution in [1.82, 2.24) is 0 Å². The molecule has 0 atom stereocenters. The van der Waals surface area contributed by atoms with Crippen molar-refractivity contribution in [3.63, 3.8) is 0 Å². The number of hydrogen-bond donors (Lipinski definition) is 2. The fourth-order valence-electron chi connectivity index (χ4n) is 3.78. The summed E-state index contributed by atoms with van der Waals surface area (Å²) in [6.07, 6.45) is 2.81. The number of para-hydroxylation sites is 2. The van der Waals surface area contributed by atoms with Gasteiger partial charge in [-0.15, -0.1) is 0 Å². The molecular weight excluding hydrogens is 356 g/mol. The van der Waals surface area contributed by atoms with E-state index in [-0.39, 0.29) is 0 Å². The van der Waals surface area contributed by atoms with Crippen LogP contribution in [0.25, 0.3) is 0 Å². The normalized spacial score (nSPS) is 15.3. The minimum atomic E-state index is 0.768. The molecule has 0 fully saturated rings. The fraction of sp³-hybridized carbons (Fsp3) is 0.0800. The van der Waals surface area contributed by atoms with Crippen LogP contribution in [0.2, 0.25) is 0 Å². The Morgan fingerprint density at radius 2 is 1.62 bits per heavy atom. The van der Waals surface area contributed by atoms with Gasteiger partial charge >= 0.3 is 0 Å². The van der Waals surface area contributed by atoms with Gasteiger partial charge in [-0.3, -0.25) is 0 Å². The number of nitrogens with one attached hydrogen (secondary N) is 1. The van der Waals surface area contributed by atoms with Crippen LogP contribution in [-0.2, 0) is 0 Å². The summed E-state index contributed by atoms with van der Waals surface area (Å²) in [5.74, 6) is 0. The Kier molecular flexibility index (Phi) is 4.17. The lowest BCUT2D eigenvalue weighted by Crippen LogP contribution is -2.29. The third kappa shape index (κ3) is 3.19. The number of nitrogens with zero attached hydrogens (tertiary/aromatic N) is 2. The van der Waals surface area contributed by atoms with Crippen LogP contribution >= 0.6 is 0 Å². The Morgan fingerprint density at radius 3 is 2.38 bits per heavy atom. The molecule has 29 heavy (non-hydrogen) atoms. The highest BCUT2D eigenvalue weighted by Crippen LogP contribution is 2.45. The summed E-state index contributed by atoms with van der Waals surface area (Å²) in [6.45, 7) is 2.07. The van der Waals surface area contributed by atoms with Crippen molar-refractivity contribution < 1.29 is 0 Å². The molecule has 0 spiro atoms. The van der Waals surface area contributed by atoms with Crippen molar-refractivity contribution in [2.75, 3.05) is 10.2 Å². The van der Waals surface area contributed by atoms with Gasteiger partial charge in [0, 0.05) is 29.2 Å². The molecule has 142 valence electrons. The Morgan fingerprint density at radius 1 is 0.897 bits per heavy atom. The Labute approximate surface area is 170 Å². The molecule has 2 aliphatic rings. The SMILES string of the molecule is CC1=C(N)C=C2C(=Nc3ccc(Nc4ccccc4)cc3N2c2ccccc2)C1. The van der Waals surface area contributed by atoms with Gasteiger partial charge in [0.25, 0.3) is 0 Å². The van der Waals surface area contributed by atoms with Gasteiger partial charge in [0.2, 0.25) is 0 Å². The monoisotopic (exact) mass is 378 g/mol. The van der Waals surface area contributed by atoms with E-state index in [1.165, 1.54) is 0 Å². The van der Waals surface area contributed by atoms with Crippen molar-refractivity contribution in [1.29, 1.82) is 0 Å². The molecule has 4 nitrogen and oxygen atoms in total. The number of allylic oxidation sites excluding steroid dienone is 3. The summed E-state index contributed by atoms with van der Waals surface area (Å²) < 4.78 is 0. The van der Waals surface area contributed by atoms with Gasteiger partial charge in [0.1, 0.15) is 0 Å². The number of anilines is 4. The topological polar surface area (TPSA) is 53.6 Å². The van der Waals surface area contributed by atoms with Gasteiger partial charge in [-0.25, -0.2) is 4.99 Å². The van der Waals surface area contributed by atoms with E-state index in [9.17, 15) is 0 Å². The maximum atomic E-state index is 6.29. The molecule has 3 aromatic rings. The number of fused-ring (bicyclic) bond motifs is 2. The van der Waals surface area contributed by atoms with Gasteiger partial charge in [-0.1, -0.05) is 36.4 Å². The fourth-order valence-corrected chi connectivity index (χ4v) is 3.78. The molecule has 1 heterocycles. The third-order valence-electron chi connectivity index (χ3n) is 5.30. The van der Waals surface area contributed by atoms with Crippen LogP contribution in [0, 0.1) is 0 Å². The van der Waals surface area contributed by atoms with Crippen molar-refractivity contribution in [2.24, 2.45) is 10.7 Å². The van der Waals surface area contributed by atoms with Gasteiger partial charge in [-0.2, -0.15) is 0 Å². The first-order valence-corrected chi connectivity index (χ1v) is 9.75. The Hall–Kier alpha value is -3.79. The maximum Gasteiger partial charge on any atom is 0.0876 e. The third-order valence-corrected chi connectivity index (χ3v) is 5.30. The largest absolute Gasteiger partial charge is 0.399 e. The molecule has 1 aliphatic heterocycles. The molecular formula is C25H22N4. The molecule has 3 N–H and O–H groups in total. The number of aliphatic imine (C=N–C) groups is 1. The minimum absolute atomic E-state index is 0.768. The number of rotatable bonds is 3. The summed E-state index contributed by atoms with van der Waals surface area (Å²) in [5.41, 5.74) is 15.5. The van der Waals surface area contributed by atoms with Gasteiger partial charge < -0.3 is 16.0 Å². The number of hydrogen-bond acceptors (Lipinski definition) is 4. The zero-order valence-corrected chi connectivity index (χ0v) is 16.3. The molecule has 0 saturated carbocycles. The minimum Gasteiger partial charge on any atom is -0.399 e. The lowest BCUT2D eigenvalue weighted by atomic mass is 9.95. The molecule has 3 aromatic carbocycles. The average Bonchev–Trinajstić information content (AvgIpc) is 2.75. The van der Waals surface area contributed by atoms with Crippen LogP contribution in [0.1, 0.15) is 13.3 Å². The van der Waals surface area contributed by atoms with E-state index in [4.69, 9.17) is 10.7 Å².